The van der Waals surface area contributed by atoms with Gasteiger partial charge in [-0.3, -0.25) is 4.79 Å². The molecule has 0 bridgehead atoms. The Kier molecular flexibility index (Phi) is 5.11. The van der Waals surface area contributed by atoms with Gasteiger partial charge in [-0.2, -0.15) is 9.40 Å². The van der Waals surface area contributed by atoms with E-state index in [1.807, 2.05) is 6.92 Å². The van der Waals surface area contributed by atoms with E-state index in [9.17, 15) is 13.2 Å². The Morgan fingerprint density at radius 1 is 1.07 bits per heavy atom. The molecule has 28 heavy (non-hydrogen) atoms. The van der Waals surface area contributed by atoms with Crippen molar-refractivity contribution in [3.8, 4) is 11.5 Å². The molecule has 0 unspecified atom stereocenters. The Morgan fingerprint density at radius 3 is 2.54 bits per heavy atom. The molecule has 0 spiro atoms. The van der Waals surface area contributed by atoms with Crippen molar-refractivity contribution in [2.75, 3.05) is 26.3 Å². The van der Waals surface area contributed by atoms with Gasteiger partial charge in [-0.1, -0.05) is 0 Å². The molecule has 1 aromatic heterocycles. The number of benzene rings is 1. The summed E-state index contributed by atoms with van der Waals surface area (Å²) in [6.45, 7) is 4.07. The maximum absolute atomic E-state index is 13.0. The van der Waals surface area contributed by atoms with Crippen molar-refractivity contribution in [1.29, 1.82) is 0 Å². The fraction of sp³-hybridized carbons (Fsp3) is 0.474. The second kappa shape index (κ2) is 7.56. The van der Waals surface area contributed by atoms with Crippen LogP contribution in [0.1, 0.15) is 18.5 Å². The van der Waals surface area contributed by atoms with Gasteiger partial charge in [-0.15, -0.1) is 0 Å². The van der Waals surface area contributed by atoms with Gasteiger partial charge in [0, 0.05) is 31.8 Å². The molecule has 1 fully saturated rings. The predicted molar refractivity (Wildman–Crippen MR) is 102 cm³/mol. The molecule has 2 aliphatic rings. The highest BCUT2D eigenvalue weighted by atomic mass is 32.2. The molecule has 150 valence electrons. The van der Waals surface area contributed by atoms with Crippen LogP contribution < -0.4 is 15.0 Å². The molecule has 9 heteroatoms. The third-order valence-electron chi connectivity index (χ3n) is 5.16. The molecular formula is C19H23N3O5S. The van der Waals surface area contributed by atoms with Crippen LogP contribution in [0.15, 0.2) is 40.0 Å². The van der Waals surface area contributed by atoms with Crippen LogP contribution in [-0.4, -0.2) is 48.8 Å². The van der Waals surface area contributed by atoms with Gasteiger partial charge in [0.05, 0.1) is 10.6 Å². The first-order valence-corrected chi connectivity index (χ1v) is 10.8. The van der Waals surface area contributed by atoms with E-state index in [0.717, 1.165) is 5.69 Å². The quantitative estimate of drug-likeness (QED) is 0.764. The smallest absolute Gasteiger partial charge is 0.266 e. The second-order valence-corrected chi connectivity index (χ2v) is 9.09. The Balaban J connectivity index is 1.44. The van der Waals surface area contributed by atoms with Crippen LogP contribution in [-0.2, 0) is 16.6 Å². The number of sulfonamides is 1. The molecule has 1 aromatic carbocycles. The third kappa shape index (κ3) is 3.77. The summed E-state index contributed by atoms with van der Waals surface area (Å²) in [5.74, 6) is 1.26. The lowest BCUT2D eigenvalue weighted by molar-refractivity contribution is 0.171. The highest BCUT2D eigenvalue weighted by Gasteiger charge is 2.30. The summed E-state index contributed by atoms with van der Waals surface area (Å²) in [6, 6.07) is 7.95. The summed E-state index contributed by atoms with van der Waals surface area (Å²) in [7, 11) is -3.59. The number of aryl methyl sites for hydroxylation is 1. The molecule has 1 saturated heterocycles. The standard InChI is InChI=1S/C19H23N3O5S/c1-14-2-5-19(23)22(20-14)13-15-6-8-21(9-7-15)28(24,25)16-3-4-17-18(12-16)27-11-10-26-17/h2-5,12,15H,6-11,13H2,1H3. The molecule has 3 heterocycles. The van der Waals surface area contributed by atoms with E-state index in [2.05, 4.69) is 5.10 Å². The zero-order chi connectivity index (χ0) is 19.7. The van der Waals surface area contributed by atoms with E-state index in [0.29, 0.717) is 57.2 Å². The van der Waals surface area contributed by atoms with Crippen LogP contribution in [0, 0.1) is 12.8 Å². The molecule has 4 rings (SSSR count). The number of rotatable bonds is 4. The molecular weight excluding hydrogens is 382 g/mol. The number of fused-ring (bicyclic) bond motifs is 1. The lowest BCUT2D eigenvalue weighted by atomic mass is 9.98. The van der Waals surface area contributed by atoms with E-state index in [4.69, 9.17) is 9.47 Å². The van der Waals surface area contributed by atoms with Crippen LogP contribution in [0.25, 0.3) is 0 Å². The molecule has 0 radical (unpaired) electrons. The summed E-state index contributed by atoms with van der Waals surface area (Å²) in [4.78, 5) is 12.2. The van der Waals surface area contributed by atoms with Crippen molar-refractivity contribution in [2.24, 2.45) is 5.92 Å². The first-order valence-electron chi connectivity index (χ1n) is 9.38. The maximum Gasteiger partial charge on any atom is 0.266 e. The van der Waals surface area contributed by atoms with Crippen molar-refractivity contribution in [1.82, 2.24) is 14.1 Å². The number of aromatic nitrogens is 2. The molecule has 0 amide bonds. The topological polar surface area (TPSA) is 90.7 Å². The average molecular weight is 405 g/mol. The predicted octanol–water partition coefficient (Wildman–Crippen LogP) is 1.42. The number of hydrogen-bond donors (Lipinski definition) is 0. The fourth-order valence-electron chi connectivity index (χ4n) is 3.59. The molecule has 8 nitrogen and oxygen atoms in total. The molecule has 0 saturated carbocycles. The minimum atomic E-state index is -3.59. The summed E-state index contributed by atoms with van der Waals surface area (Å²) in [5.41, 5.74) is 0.662. The summed E-state index contributed by atoms with van der Waals surface area (Å²) >= 11 is 0. The zero-order valence-electron chi connectivity index (χ0n) is 15.7. The normalized spacial score (nSPS) is 18.2. The highest BCUT2D eigenvalue weighted by molar-refractivity contribution is 7.89. The van der Waals surface area contributed by atoms with E-state index < -0.39 is 10.0 Å². The minimum Gasteiger partial charge on any atom is -0.486 e. The van der Waals surface area contributed by atoms with E-state index in [1.165, 1.54) is 21.1 Å². The molecule has 0 aliphatic carbocycles. The van der Waals surface area contributed by atoms with Crippen molar-refractivity contribution >= 4 is 10.0 Å². The summed E-state index contributed by atoms with van der Waals surface area (Å²) < 4.78 is 39.9. The largest absolute Gasteiger partial charge is 0.486 e. The van der Waals surface area contributed by atoms with E-state index in [-0.39, 0.29) is 16.4 Å². The van der Waals surface area contributed by atoms with E-state index in [1.54, 1.807) is 18.2 Å². The summed E-state index contributed by atoms with van der Waals surface area (Å²) in [6.07, 6.45) is 1.37. The van der Waals surface area contributed by atoms with Crippen molar-refractivity contribution in [2.45, 2.75) is 31.2 Å². The van der Waals surface area contributed by atoms with Gasteiger partial charge in [0.15, 0.2) is 11.5 Å². The molecule has 0 atom stereocenters. The number of hydrogen-bond acceptors (Lipinski definition) is 6. The van der Waals surface area contributed by atoms with Gasteiger partial charge in [-0.25, -0.2) is 13.1 Å². The summed E-state index contributed by atoms with van der Waals surface area (Å²) in [5, 5.41) is 4.27. The van der Waals surface area contributed by atoms with Gasteiger partial charge < -0.3 is 9.47 Å². The number of nitrogens with zero attached hydrogens (tertiary/aromatic N) is 3. The fourth-order valence-corrected chi connectivity index (χ4v) is 5.08. The molecule has 2 aromatic rings. The van der Waals surface area contributed by atoms with Crippen molar-refractivity contribution in [3.05, 3.63) is 46.4 Å². The highest BCUT2D eigenvalue weighted by Crippen LogP contribution is 2.34. The number of ether oxygens (including phenoxy) is 2. The van der Waals surface area contributed by atoms with Gasteiger partial charge >= 0.3 is 0 Å². The monoisotopic (exact) mass is 405 g/mol. The maximum atomic E-state index is 13.0. The number of piperidine rings is 1. The van der Waals surface area contributed by atoms with Crippen LogP contribution >= 0.6 is 0 Å². The Labute approximate surface area is 163 Å². The van der Waals surface area contributed by atoms with Gasteiger partial charge in [0.25, 0.3) is 5.56 Å². The van der Waals surface area contributed by atoms with Crippen LogP contribution in [0.5, 0.6) is 11.5 Å². The van der Waals surface area contributed by atoms with Crippen LogP contribution in [0.3, 0.4) is 0 Å². The SMILES string of the molecule is Cc1ccc(=O)n(CC2CCN(S(=O)(=O)c3ccc4c(c3)OCCO4)CC2)n1. The minimum absolute atomic E-state index is 0.128. The van der Waals surface area contributed by atoms with Gasteiger partial charge in [-0.05, 0) is 43.9 Å². The lowest BCUT2D eigenvalue weighted by Gasteiger charge is -2.31. The van der Waals surface area contributed by atoms with E-state index >= 15 is 0 Å². The van der Waals surface area contributed by atoms with Gasteiger partial charge in [0.2, 0.25) is 10.0 Å². The Hall–Kier alpha value is -2.39. The average Bonchev–Trinajstić information content (AvgIpc) is 2.71. The van der Waals surface area contributed by atoms with Gasteiger partial charge in [0.1, 0.15) is 13.2 Å². The van der Waals surface area contributed by atoms with Crippen LogP contribution in [0.4, 0.5) is 0 Å². The molecule has 2 aliphatic heterocycles. The van der Waals surface area contributed by atoms with Crippen molar-refractivity contribution < 1.29 is 17.9 Å². The lowest BCUT2D eigenvalue weighted by Crippen LogP contribution is -2.40. The first kappa shape index (κ1) is 18.9. The zero-order valence-corrected chi connectivity index (χ0v) is 16.5. The Bertz CT molecular complexity index is 1030. The molecule has 0 N–H and O–H groups in total. The first-order chi connectivity index (χ1) is 13.4. The van der Waals surface area contributed by atoms with Crippen LogP contribution in [0.2, 0.25) is 0 Å². The van der Waals surface area contributed by atoms with Crippen molar-refractivity contribution in [3.63, 3.8) is 0 Å². The second-order valence-electron chi connectivity index (χ2n) is 7.15. The third-order valence-corrected chi connectivity index (χ3v) is 7.05. The Morgan fingerprint density at radius 2 is 1.79 bits per heavy atom.